The van der Waals surface area contributed by atoms with E-state index in [0.29, 0.717) is 31.5 Å². The van der Waals surface area contributed by atoms with Crippen molar-refractivity contribution in [2.24, 2.45) is 0 Å². The van der Waals surface area contributed by atoms with Gasteiger partial charge in [0.25, 0.3) is 0 Å². The number of aliphatic hydroxyl groups is 1. The number of aromatic nitrogens is 3. The lowest BCUT2D eigenvalue weighted by Crippen LogP contribution is -2.46. The van der Waals surface area contributed by atoms with E-state index in [1.165, 1.54) is 0 Å². The van der Waals surface area contributed by atoms with Crippen molar-refractivity contribution < 1.29 is 18.3 Å². The number of halogens is 3. The van der Waals surface area contributed by atoms with Crippen molar-refractivity contribution in [3.05, 3.63) is 11.6 Å². The molecule has 2 N–H and O–H groups in total. The van der Waals surface area contributed by atoms with E-state index >= 15 is 0 Å². The topological polar surface area (TPSA) is 66.2 Å². The fourth-order valence-corrected chi connectivity index (χ4v) is 2.63. The molecule has 1 aromatic rings. The van der Waals surface area contributed by atoms with Crippen LogP contribution in [0.25, 0.3) is 0 Å². The van der Waals surface area contributed by atoms with E-state index < -0.39 is 12.0 Å². The van der Waals surface area contributed by atoms with Crippen LogP contribution in [0.4, 0.5) is 13.2 Å². The van der Waals surface area contributed by atoms with Gasteiger partial charge in [0.15, 0.2) is 0 Å². The van der Waals surface area contributed by atoms with E-state index in [4.69, 9.17) is 0 Å². The number of rotatable bonds is 5. The maximum absolute atomic E-state index is 12.7. The van der Waals surface area contributed by atoms with Crippen molar-refractivity contribution in [1.82, 2.24) is 25.0 Å². The van der Waals surface area contributed by atoms with Gasteiger partial charge in [-0.15, -0.1) is 10.2 Å². The normalized spacial score (nSPS) is 21.3. The average Bonchev–Trinajstić information content (AvgIpc) is 3.13. The first-order valence-corrected chi connectivity index (χ1v) is 7.06. The first-order valence-electron chi connectivity index (χ1n) is 7.06. The van der Waals surface area contributed by atoms with E-state index in [2.05, 4.69) is 15.5 Å². The zero-order chi connectivity index (χ0) is 15.0. The minimum absolute atomic E-state index is 0.0213. The lowest BCUT2D eigenvalue weighted by Gasteiger charge is -2.31. The molecular weight excluding hydrogens is 287 g/mol. The molecule has 0 spiro atoms. The van der Waals surface area contributed by atoms with Crippen LogP contribution in [0.1, 0.15) is 24.5 Å². The second-order valence-corrected chi connectivity index (χ2v) is 5.64. The van der Waals surface area contributed by atoms with E-state index in [1.54, 1.807) is 0 Å². The Bertz CT molecular complexity index is 500. The van der Waals surface area contributed by atoms with E-state index in [1.807, 2.05) is 4.90 Å². The molecule has 1 aromatic heterocycles. The van der Waals surface area contributed by atoms with Gasteiger partial charge in [0.1, 0.15) is 5.82 Å². The summed E-state index contributed by atoms with van der Waals surface area (Å²) in [6.07, 6.45) is -2.21. The molecule has 2 aliphatic rings. The maximum atomic E-state index is 12.7. The summed E-state index contributed by atoms with van der Waals surface area (Å²) in [5, 5.41) is 19.6. The molecule has 0 aromatic carbocycles. The van der Waals surface area contributed by atoms with Crippen LogP contribution < -0.4 is 5.32 Å². The smallest absolute Gasteiger partial charge is 0.395 e. The van der Waals surface area contributed by atoms with E-state index in [9.17, 15) is 18.3 Å². The zero-order valence-electron chi connectivity index (χ0n) is 11.5. The number of fused-ring (bicyclic) bond motifs is 1. The number of aliphatic hydroxyl groups excluding tert-OH is 1. The van der Waals surface area contributed by atoms with E-state index in [0.717, 1.165) is 17.4 Å². The molecule has 1 fully saturated rings. The Hall–Kier alpha value is -1.19. The summed E-state index contributed by atoms with van der Waals surface area (Å²) in [5.74, 6) is -0.594. The molecule has 3 rings (SSSR count). The Kier molecular flexibility index (Phi) is 3.89. The summed E-state index contributed by atoms with van der Waals surface area (Å²) in [6, 6.07) is 0.432. The molecule has 0 amide bonds. The molecule has 1 aliphatic carbocycles. The monoisotopic (exact) mass is 305 g/mol. The largest absolute Gasteiger partial charge is 0.451 e. The number of nitrogens with zero attached hydrogens (tertiary/aromatic N) is 4. The highest BCUT2D eigenvalue weighted by Gasteiger charge is 2.39. The standard InChI is InChI=1S/C12H18F3N5O/c13-12(14,15)11-18-17-10-6-19(3-4-20(10)11)5-9(7-21)16-8-1-2-8/h8-9,16,21H,1-7H2. The van der Waals surface area contributed by atoms with Crippen LogP contribution in [-0.4, -0.2) is 56.6 Å². The summed E-state index contributed by atoms with van der Waals surface area (Å²) in [7, 11) is 0. The highest BCUT2D eigenvalue weighted by molar-refractivity contribution is 5.02. The third-order valence-corrected chi connectivity index (χ3v) is 3.83. The second kappa shape index (κ2) is 5.54. The molecule has 1 aliphatic heterocycles. The molecule has 1 atom stereocenters. The van der Waals surface area contributed by atoms with Gasteiger partial charge in [0.05, 0.1) is 13.2 Å². The van der Waals surface area contributed by atoms with Gasteiger partial charge in [-0.05, 0) is 12.8 Å². The number of hydrogen-bond donors (Lipinski definition) is 2. The zero-order valence-corrected chi connectivity index (χ0v) is 11.5. The lowest BCUT2D eigenvalue weighted by atomic mass is 10.2. The van der Waals surface area contributed by atoms with Crippen LogP contribution in [0.3, 0.4) is 0 Å². The molecule has 6 nitrogen and oxygen atoms in total. The van der Waals surface area contributed by atoms with Gasteiger partial charge in [0, 0.05) is 31.7 Å². The van der Waals surface area contributed by atoms with Gasteiger partial charge in [0.2, 0.25) is 5.82 Å². The molecule has 0 saturated heterocycles. The fourth-order valence-electron chi connectivity index (χ4n) is 2.63. The third-order valence-electron chi connectivity index (χ3n) is 3.83. The maximum Gasteiger partial charge on any atom is 0.451 e. The number of alkyl halides is 3. The van der Waals surface area contributed by atoms with Gasteiger partial charge in [-0.25, -0.2) is 0 Å². The average molecular weight is 305 g/mol. The molecule has 118 valence electrons. The van der Waals surface area contributed by atoms with Crippen LogP contribution in [0, 0.1) is 0 Å². The van der Waals surface area contributed by atoms with Crippen LogP contribution in [-0.2, 0) is 19.3 Å². The van der Waals surface area contributed by atoms with Gasteiger partial charge in [-0.2, -0.15) is 13.2 Å². The quantitative estimate of drug-likeness (QED) is 0.815. The summed E-state index contributed by atoms with van der Waals surface area (Å²) in [6.45, 7) is 1.66. The molecular formula is C12H18F3N5O. The van der Waals surface area contributed by atoms with Crippen molar-refractivity contribution in [3.63, 3.8) is 0 Å². The SMILES string of the molecule is OCC(CN1CCn2c(nnc2C(F)(F)F)C1)NC1CC1. The highest BCUT2D eigenvalue weighted by Crippen LogP contribution is 2.29. The molecule has 0 bridgehead atoms. The van der Waals surface area contributed by atoms with Gasteiger partial charge in [-0.1, -0.05) is 0 Å². The molecule has 21 heavy (non-hydrogen) atoms. The van der Waals surface area contributed by atoms with Gasteiger partial charge >= 0.3 is 6.18 Å². The van der Waals surface area contributed by atoms with Gasteiger partial charge < -0.3 is 15.0 Å². The van der Waals surface area contributed by atoms with Crippen LogP contribution in [0.5, 0.6) is 0 Å². The molecule has 9 heteroatoms. The minimum atomic E-state index is -4.46. The highest BCUT2D eigenvalue weighted by atomic mass is 19.4. The Morgan fingerprint density at radius 3 is 2.67 bits per heavy atom. The van der Waals surface area contributed by atoms with Crippen molar-refractivity contribution in [2.45, 2.75) is 44.2 Å². The predicted octanol–water partition coefficient (Wildman–Crippen LogP) is 0.225. The first kappa shape index (κ1) is 14.7. The molecule has 1 unspecified atom stereocenters. The van der Waals surface area contributed by atoms with Crippen molar-refractivity contribution in [3.8, 4) is 0 Å². The predicted molar refractivity (Wildman–Crippen MR) is 67.3 cm³/mol. The number of nitrogens with one attached hydrogen (secondary N) is 1. The Balaban J connectivity index is 1.63. The van der Waals surface area contributed by atoms with Crippen molar-refractivity contribution in [1.29, 1.82) is 0 Å². The Labute approximate surface area is 119 Å². The molecule has 2 heterocycles. The second-order valence-electron chi connectivity index (χ2n) is 5.64. The van der Waals surface area contributed by atoms with Crippen molar-refractivity contribution >= 4 is 0 Å². The lowest BCUT2D eigenvalue weighted by molar-refractivity contribution is -0.148. The van der Waals surface area contributed by atoms with Gasteiger partial charge in [-0.3, -0.25) is 4.90 Å². The fraction of sp³-hybridized carbons (Fsp3) is 0.833. The molecule has 1 saturated carbocycles. The van der Waals surface area contributed by atoms with Crippen molar-refractivity contribution in [2.75, 3.05) is 19.7 Å². The molecule has 0 radical (unpaired) electrons. The summed E-state index contributed by atoms with van der Waals surface area (Å²) in [5.41, 5.74) is 0. The van der Waals surface area contributed by atoms with Crippen LogP contribution >= 0.6 is 0 Å². The summed E-state index contributed by atoms with van der Waals surface area (Å²) >= 11 is 0. The minimum Gasteiger partial charge on any atom is -0.395 e. The summed E-state index contributed by atoms with van der Waals surface area (Å²) in [4.78, 5) is 2.00. The van der Waals surface area contributed by atoms with Crippen LogP contribution in [0.15, 0.2) is 0 Å². The van der Waals surface area contributed by atoms with E-state index in [-0.39, 0.29) is 19.2 Å². The van der Waals surface area contributed by atoms with Crippen LogP contribution in [0.2, 0.25) is 0 Å². The first-order chi connectivity index (χ1) is 9.97. The summed E-state index contributed by atoms with van der Waals surface area (Å²) < 4.78 is 39.4. The third kappa shape index (κ3) is 3.35. The Morgan fingerprint density at radius 2 is 2.05 bits per heavy atom. The Morgan fingerprint density at radius 1 is 1.29 bits per heavy atom. The number of hydrogen-bond acceptors (Lipinski definition) is 5.